The molecular weight excluding hydrogens is 236 g/mol. The van der Waals surface area contributed by atoms with Crippen molar-refractivity contribution in [1.29, 1.82) is 0 Å². The van der Waals surface area contributed by atoms with Crippen LogP contribution in [-0.2, 0) is 0 Å². The van der Waals surface area contributed by atoms with Gasteiger partial charge in [-0.3, -0.25) is 4.79 Å². The molecule has 0 saturated carbocycles. The van der Waals surface area contributed by atoms with E-state index in [0.717, 1.165) is 16.9 Å². The molecule has 0 aliphatic carbocycles. The Bertz CT molecular complexity index is 562. The molecule has 0 spiro atoms. The van der Waals surface area contributed by atoms with E-state index in [1.807, 2.05) is 32.0 Å². The van der Waals surface area contributed by atoms with Crippen LogP contribution in [0.3, 0.4) is 0 Å². The SMILES string of the molecule is Cc1cc(C)c(OCC(=O)c2ccccc2)c(C)c1. The number of hydrogen-bond acceptors (Lipinski definition) is 2. The van der Waals surface area contributed by atoms with Crippen molar-refractivity contribution in [2.75, 3.05) is 6.61 Å². The van der Waals surface area contributed by atoms with Gasteiger partial charge in [0, 0.05) is 5.56 Å². The Morgan fingerprint density at radius 2 is 1.58 bits per heavy atom. The molecule has 98 valence electrons. The van der Waals surface area contributed by atoms with Crippen LogP contribution in [-0.4, -0.2) is 12.4 Å². The lowest BCUT2D eigenvalue weighted by Gasteiger charge is -2.12. The number of ether oxygens (including phenoxy) is 1. The molecule has 0 N–H and O–H groups in total. The molecule has 0 fully saturated rings. The van der Waals surface area contributed by atoms with Crippen LogP contribution in [0.1, 0.15) is 27.0 Å². The van der Waals surface area contributed by atoms with Crippen LogP contribution in [0.5, 0.6) is 5.75 Å². The summed E-state index contributed by atoms with van der Waals surface area (Å²) in [7, 11) is 0. The van der Waals surface area contributed by atoms with Gasteiger partial charge < -0.3 is 4.74 Å². The molecule has 2 rings (SSSR count). The molecule has 2 nitrogen and oxygen atoms in total. The fraction of sp³-hybridized carbons (Fsp3) is 0.235. The van der Waals surface area contributed by atoms with Crippen molar-refractivity contribution >= 4 is 5.78 Å². The van der Waals surface area contributed by atoms with Crippen LogP contribution in [0, 0.1) is 20.8 Å². The zero-order valence-electron chi connectivity index (χ0n) is 11.6. The third kappa shape index (κ3) is 3.22. The molecule has 0 aromatic heterocycles. The van der Waals surface area contributed by atoms with Gasteiger partial charge in [0.1, 0.15) is 5.75 Å². The summed E-state index contributed by atoms with van der Waals surface area (Å²) < 4.78 is 5.69. The monoisotopic (exact) mass is 254 g/mol. The molecule has 0 aliphatic rings. The van der Waals surface area contributed by atoms with Crippen LogP contribution in [0.25, 0.3) is 0 Å². The molecule has 0 bridgehead atoms. The Morgan fingerprint density at radius 3 is 2.16 bits per heavy atom. The first-order valence-corrected chi connectivity index (χ1v) is 6.37. The zero-order valence-corrected chi connectivity index (χ0v) is 11.6. The van der Waals surface area contributed by atoms with Crippen molar-refractivity contribution in [3.8, 4) is 5.75 Å². The highest BCUT2D eigenvalue weighted by Crippen LogP contribution is 2.24. The maximum Gasteiger partial charge on any atom is 0.200 e. The topological polar surface area (TPSA) is 26.3 Å². The summed E-state index contributed by atoms with van der Waals surface area (Å²) in [5.74, 6) is 0.815. The molecule has 0 radical (unpaired) electrons. The fourth-order valence-corrected chi connectivity index (χ4v) is 2.24. The number of benzene rings is 2. The zero-order chi connectivity index (χ0) is 13.8. The van der Waals surface area contributed by atoms with Crippen molar-refractivity contribution < 1.29 is 9.53 Å². The van der Waals surface area contributed by atoms with E-state index in [4.69, 9.17) is 4.74 Å². The maximum absolute atomic E-state index is 12.0. The molecule has 0 heterocycles. The average Bonchev–Trinajstić information content (AvgIpc) is 2.38. The van der Waals surface area contributed by atoms with Crippen molar-refractivity contribution in [2.24, 2.45) is 0 Å². The Morgan fingerprint density at radius 1 is 1.00 bits per heavy atom. The van der Waals surface area contributed by atoms with Crippen LogP contribution >= 0.6 is 0 Å². The van der Waals surface area contributed by atoms with E-state index >= 15 is 0 Å². The largest absolute Gasteiger partial charge is 0.485 e. The van der Waals surface area contributed by atoms with Crippen LogP contribution in [0.15, 0.2) is 42.5 Å². The normalized spacial score (nSPS) is 10.3. The van der Waals surface area contributed by atoms with Crippen LogP contribution in [0.4, 0.5) is 0 Å². The van der Waals surface area contributed by atoms with E-state index in [0.29, 0.717) is 5.56 Å². The van der Waals surface area contributed by atoms with Crippen LogP contribution < -0.4 is 4.74 Å². The van der Waals surface area contributed by atoms with Gasteiger partial charge in [0.05, 0.1) is 0 Å². The minimum absolute atomic E-state index is 0.0000231. The number of ketones is 1. The minimum atomic E-state index is -0.0000231. The number of Topliss-reactive ketones (excluding diaryl/α,β-unsaturated/α-hetero) is 1. The first-order valence-electron chi connectivity index (χ1n) is 6.37. The maximum atomic E-state index is 12.0. The second-order valence-electron chi connectivity index (χ2n) is 4.81. The van der Waals surface area contributed by atoms with Crippen molar-refractivity contribution in [2.45, 2.75) is 20.8 Å². The second-order valence-corrected chi connectivity index (χ2v) is 4.81. The van der Waals surface area contributed by atoms with Gasteiger partial charge in [-0.15, -0.1) is 0 Å². The van der Waals surface area contributed by atoms with Gasteiger partial charge in [0.15, 0.2) is 12.4 Å². The quantitative estimate of drug-likeness (QED) is 0.774. The van der Waals surface area contributed by atoms with E-state index in [-0.39, 0.29) is 12.4 Å². The Hall–Kier alpha value is -2.09. The number of aryl methyl sites for hydroxylation is 3. The molecule has 0 saturated heterocycles. The number of hydrogen-bond donors (Lipinski definition) is 0. The molecule has 0 amide bonds. The predicted octanol–water partition coefficient (Wildman–Crippen LogP) is 3.87. The molecule has 0 unspecified atom stereocenters. The Labute approximate surface area is 114 Å². The van der Waals surface area contributed by atoms with Crippen molar-refractivity contribution in [3.63, 3.8) is 0 Å². The van der Waals surface area contributed by atoms with Crippen molar-refractivity contribution in [1.82, 2.24) is 0 Å². The van der Waals surface area contributed by atoms with Crippen LogP contribution in [0.2, 0.25) is 0 Å². The van der Waals surface area contributed by atoms with E-state index in [1.54, 1.807) is 12.1 Å². The van der Waals surface area contributed by atoms with Gasteiger partial charge in [-0.25, -0.2) is 0 Å². The summed E-state index contributed by atoms with van der Waals surface area (Å²) in [6.45, 7) is 6.14. The summed E-state index contributed by atoms with van der Waals surface area (Å²) in [4.78, 5) is 12.0. The standard InChI is InChI=1S/C17H18O2/c1-12-9-13(2)17(14(3)10-12)19-11-16(18)15-7-5-4-6-8-15/h4-10H,11H2,1-3H3. The van der Waals surface area contributed by atoms with Gasteiger partial charge in [-0.2, -0.15) is 0 Å². The highest BCUT2D eigenvalue weighted by molar-refractivity contribution is 5.97. The smallest absolute Gasteiger partial charge is 0.200 e. The number of carbonyl (C=O) groups is 1. The van der Waals surface area contributed by atoms with E-state index in [2.05, 4.69) is 19.1 Å². The third-order valence-electron chi connectivity index (χ3n) is 3.05. The summed E-state index contributed by atoms with van der Waals surface area (Å²) >= 11 is 0. The van der Waals surface area contributed by atoms with E-state index in [9.17, 15) is 4.79 Å². The lowest BCUT2D eigenvalue weighted by Crippen LogP contribution is -2.12. The summed E-state index contributed by atoms with van der Waals surface area (Å²) in [5, 5.41) is 0. The fourth-order valence-electron chi connectivity index (χ4n) is 2.24. The highest BCUT2D eigenvalue weighted by Gasteiger charge is 2.09. The number of carbonyl (C=O) groups excluding carboxylic acids is 1. The number of rotatable bonds is 4. The Balaban J connectivity index is 2.10. The lowest BCUT2D eigenvalue weighted by molar-refractivity contribution is 0.0920. The van der Waals surface area contributed by atoms with Gasteiger partial charge in [0.2, 0.25) is 0 Å². The summed E-state index contributed by atoms with van der Waals surface area (Å²) in [6.07, 6.45) is 0. The first-order chi connectivity index (χ1) is 9.08. The van der Waals surface area contributed by atoms with Gasteiger partial charge in [0.25, 0.3) is 0 Å². The van der Waals surface area contributed by atoms with Gasteiger partial charge >= 0.3 is 0 Å². The molecule has 2 aromatic rings. The van der Waals surface area contributed by atoms with E-state index < -0.39 is 0 Å². The second kappa shape index (κ2) is 5.70. The van der Waals surface area contributed by atoms with Gasteiger partial charge in [-0.05, 0) is 31.9 Å². The molecule has 2 aromatic carbocycles. The van der Waals surface area contributed by atoms with Gasteiger partial charge in [-0.1, -0.05) is 48.0 Å². The molecule has 19 heavy (non-hydrogen) atoms. The summed E-state index contributed by atoms with van der Waals surface area (Å²) in [6, 6.07) is 13.4. The predicted molar refractivity (Wildman–Crippen MR) is 76.9 cm³/mol. The first kappa shape index (κ1) is 13.3. The molecule has 0 aliphatic heterocycles. The summed E-state index contributed by atoms with van der Waals surface area (Å²) in [5.41, 5.74) is 4.03. The van der Waals surface area contributed by atoms with Crippen molar-refractivity contribution in [3.05, 3.63) is 64.7 Å². The average molecular weight is 254 g/mol. The minimum Gasteiger partial charge on any atom is -0.485 e. The molecular formula is C17H18O2. The Kier molecular flexibility index (Phi) is 4.00. The lowest BCUT2D eigenvalue weighted by atomic mass is 10.1. The van der Waals surface area contributed by atoms with E-state index in [1.165, 1.54) is 5.56 Å². The highest BCUT2D eigenvalue weighted by atomic mass is 16.5. The molecule has 2 heteroatoms. The molecule has 0 atom stereocenters. The third-order valence-corrected chi connectivity index (χ3v) is 3.05.